The Morgan fingerprint density at radius 3 is 2.75 bits per heavy atom. The van der Waals surface area contributed by atoms with E-state index in [9.17, 15) is 0 Å². The molecule has 20 heavy (non-hydrogen) atoms. The molecule has 1 heterocycles. The number of hydrogen-bond acceptors (Lipinski definition) is 3. The summed E-state index contributed by atoms with van der Waals surface area (Å²) < 4.78 is 0.850. The van der Waals surface area contributed by atoms with Gasteiger partial charge in [0, 0.05) is 33.5 Å². The molecule has 1 N–H and O–H groups in total. The van der Waals surface area contributed by atoms with Gasteiger partial charge in [-0.1, -0.05) is 18.5 Å². The molecule has 1 unspecified atom stereocenters. The third-order valence-electron chi connectivity index (χ3n) is 3.17. The Balaban J connectivity index is 2.35. The summed E-state index contributed by atoms with van der Waals surface area (Å²) in [5.74, 6) is 0.715. The standard InChI is InChI=1S/C15H17BrClN3/c1-4-18-9(2)12-8-19-15(20-10(12)3)11-5-6-14(17)13(16)7-11/h5-9,18H,4H2,1-3H3. The van der Waals surface area contributed by atoms with Crippen LogP contribution in [0.3, 0.4) is 0 Å². The molecule has 2 aromatic rings. The summed E-state index contributed by atoms with van der Waals surface area (Å²) in [6.07, 6.45) is 1.90. The van der Waals surface area contributed by atoms with Gasteiger partial charge in [-0.25, -0.2) is 9.97 Å². The Labute approximate surface area is 132 Å². The maximum absolute atomic E-state index is 6.00. The predicted molar refractivity (Wildman–Crippen MR) is 87.0 cm³/mol. The van der Waals surface area contributed by atoms with Crippen molar-refractivity contribution in [2.24, 2.45) is 0 Å². The van der Waals surface area contributed by atoms with Crippen molar-refractivity contribution < 1.29 is 0 Å². The highest BCUT2D eigenvalue weighted by Gasteiger charge is 2.11. The number of nitrogens with zero attached hydrogens (tertiary/aromatic N) is 2. The summed E-state index contributed by atoms with van der Waals surface area (Å²) in [4.78, 5) is 9.07. The minimum atomic E-state index is 0.256. The lowest BCUT2D eigenvalue weighted by molar-refractivity contribution is 0.590. The average molecular weight is 355 g/mol. The summed E-state index contributed by atoms with van der Waals surface area (Å²) >= 11 is 9.43. The fourth-order valence-corrected chi connectivity index (χ4v) is 2.59. The van der Waals surface area contributed by atoms with Crippen LogP contribution < -0.4 is 5.32 Å². The first-order chi connectivity index (χ1) is 9.52. The summed E-state index contributed by atoms with van der Waals surface area (Å²) in [7, 11) is 0. The topological polar surface area (TPSA) is 37.8 Å². The zero-order valence-electron chi connectivity index (χ0n) is 11.7. The van der Waals surface area contributed by atoms with Gasteiger partial charge in [0.05, 0.1) is 5.02 Å². The molecule has 106 valence electrons. The minimum absolute atomic E-state index is 0.256. The molecule has 0 radical (unpaired) electrons. The van der Waals surface area contributed by atoms with E-state index in [1.807, 2.05) is 31.3 Å². The zero-order valence-corrected chi connectivity index (χ0v) is 14.1. The highest BCUT2D eigenvalue weighted by Crippen LogP contribution is 2.27. The molecular weight excluding hydrogens is 338 g/mol. The number of benzene rings is 1. The Bertz CT molecular complexity index is 616. The van der Waals surface area contributed by atoms with Gasteiger partial charge in [0.1, 0.15) is 0 Å². The van der Waals surface area contributed by atoms with E-state index >= 15 is 0 Å². The van der Waals surface area contributed by atoms with Gasteiger partial charge in [0.15, 0.2) is 5.82 Å². The lowest BCUT2D eigenvalue weighted by atomic mass is 10.1. The third-order valence-corrected chi connectivity index (χ3v) is 4.39. The second-order valence-corrected chi connectivity index (χ2v) is 5.90. The third kappa shape index (κ3) is 3.37. The van der Waals surface area contributed by atoms with Gasteiger partial charge < -0.3 is 5.32 Å². The van der Waals surface area contributed by atoms with E-state index in [2.05, 4.69) is 45.1 Å². The van der Waals surface area contributed by atoms with Crippen molar-refractivity contribution in [3.05, 3.63) is 45.1 Å². The summed E-state index contributed by atoms with van der Waals surface area (Å²) in [6.45, 7) is 7.14. The second kappa shape index (κ2) is 6.66. The lowest BCUT2D eigenvalue weighted by Gasteiger charge is -2.15. The van der Waals surface area contributed by atoms with Crippen LogP contribution in [0, 0.1) is 6.92 Å². The number of aryl methyl sites for hydroxylation is 1. The first kappa shape index (κ1) is 15.4. The van der Waals surface area contributed by atoms with Crippen LogP contribution in [0.15, 0.2) is 28.9 Å². The molecule has 1 aromatic carbocycles. The fourth-order valence-electron chi connectivity index (χ4n) is 2.09. The molecule has 0 saturated carbocycles. The number of nitrogens with one attached hydrogen (secondary N) is 1. The van der Waals surface area contributed by atoms with Crippen LogP contribution in [0.2, 0.25) is 5.02 Å². The van der Waals surface area contributed by atoms with E-state index in [4.69, 9.17) is 11.6 Å². The predicted octanol–water partition coefficient (Wildman–Crippen LogP) is 4.54. The van der Waals surface area contributed by atoms with Crippen molar-refractivity contribution in [3.8, 4) is 11.4 Å². The van der Waals surface area contributed by atoms with Gasteiger partial charge >= 0.3 is 0 Å². The number of halogens is 2. The lowest BCUT2D eigenvalue weighted by Crippen LogP contribution is -2.19. The molecule has 0 aliphatic heterocycles. The van der Waals surface area contributed by atoms with E-state index < -0.39 is 0 Å². The fraction of sp³-hybridized carbons (Fsp3) is 0.333. The summed E-state index contributed by atoms with van der Waals surface area (Å²) in [6, 6.07) is 5.96. The van der Waals surface area contributed by atoms with Crippen molar-refractivity contribution >= 4 is 27.5 Å². The Hall–Kier alpha value is -0.970. The van der Waals surface area contributed by atoms with Crippen molar-refractivity contribution in [2.75, 3.05) is 6.54 Å². The molecule has 0 bridgehead atoms. The van der Waals surface area contributed by atoms with Crippen LogP contribution in [0.1, 0.15) is 31.1 Å². The maximum atomic E-state index is 6.00. The number of rotatable bonds is 4. The van der Waals surface area contributed by atoms with Gasteiger partial charge in [-0.05, 0) is 54.5 Å². The van der Waals surface area contributed by atoms with Gasteiger partial charge in [0.2, 0.25) is 0 Å². The van der Waals surface area contributed by atoms with E-state index in [0.717, 1.165) is 27.8 Å². The first-order valence-corrected chi connectivity index (χ1v) is 7.72. The van der Waals surface area contributed by atoms with Crippen LogP contribution in [0.5, 0.6) is 0 Å². The van der Waals surface area contributed by atoms with Gasteiger partial charge in [-0.15, -0.1) is 0 Å². The molecule has 0 spiro atoms. The summed E-state index contributed by atoms with van der Waals surface area (Å²) in [5.41, 5.74) is 3.07. The second-order valence-electron chi connectivity index (χ2n) is 4.64. The van der Waals surface area contributed by atoms with Crippen molar-refractivity contribution in [2.45, 2.75) is 26.8 Å². The highest BCUT2D eigenvalue weighted by molar-refractivity contribution is 9.10. The molecule has 0 amide bonds. The van der Waals surface area contributed by atoms with Crippen molar-refractivity contribution in [1.82, 2.24) is 15.3 Å². The van der Waals surface area contributed by atoms with E-state index in [1.54, 1.807) is 0 Å². The SMILES string of the molecule is CCNC(C)c1cnc(-c2ccc(Cl)c(Br)c2)nc1C. The van der Waals surface area contributed by atoms with Crippen LogP contribution in [-0.2, 0) is 0 Å². The molecule has 2 rings (SSSR count). The van der Waals surface area contributed by atoms with Gasteiger partial charge in [0.25, 0.3) is 0 Å². The quantitative estimate of drug-likeness (QED) is 0.876. The average Bonchev–Trinajstić information content (AvgIpc) is 2.42. The highest BCUT2D eigenvalue weighted by atomic mass is 79.9. The minimum Gasteiger partial charge on any atom is -0.310 e. The molecule has 0 aliphatic rings. The van der Waals surface area contributed by atoms with Gasteiger partial charge in [-0.2, -0.15) is 0 Å². The van der Waals surface area contributed by atoms with Crippen LogP contribution in [0.25, 0.3) is 11.4 Å². The molecule has 0 fully saturated rings. The molecule has 1 aromatic heterocycles. The van der Waals surface area contributed by atoms with Crippen LogP contribution >= 0.6 is 27.5 Å². The van der Waals surface area contributed by atoms with E-state index in [0.29, 0.717) is 10.8 Å². The first-order valence-electron chi connectivity index (χ1n) is 6.55. The van der Waals surface area contributed by atoms with Crippen LogP contribution in [0.4, 0.5) is 0 Å². The van der Waals surface area contributed by atoms with Crippen molar-refractivity contribution in [3.63, 3.8) is 0 Å². The molecule has 3 nitrogen and oxygen atoms in total. The molecule has 0 aliphatic carbocycles. The monoisotopic (exact) mass is 353 g/mol. The van der Waals surface area contributed by atoms with Crippen LogP contribution in [-0.4, -0.2) is 16.5 Å². The number of hydrogen-bond donors (Lipinski definition) is 1. The largest absolute Gasteiger partial charge is 0.310 e. The van der Waals surface area contributed by atoms with Crippen molar-refractivity contribution in [1.29, 1.82) is 0 Å². The maximum Gasteiger partial charge on any atom is 0.159 e. The Kier molecular flexibility index (Phi) is 5.13. The van der Waals surface area contributed by atoms with E-state index in [-0.39, 0.29) is 6.04 Å². The smallest absolute Gasteiger partial charge is 0.159 e. The zero-order chi connectivity index (χ0) is 14.7. The molecular formula is C15H17BrClN3. The molecule has 5 heteroatoms. The Morgan fingerprint density at radius 1 is 1.40 bits per heavy atom. The van der Waals surface area contributed by atoms with Gasteiger partial charge in [-0.3, -0.25) is 0 Å². The Morgan fingerprint density at radius 2 is 2.15 bits per heavy atom. The number of aromatic nitrogens is 2. The summed E-state index contributed by atoms with van der Waals surface area (Å²) in [5, 5.41) is 4.06. The normalized spacial score (nSPS) is 12.4. The molecule has 1 atom stereocenters. The van der Waals surface area contributed by atoms with E-state index in [1.165, 1.54) is 0 Å². The molecule has 0 saturated heterocycles.